The molecule has 0 aliphatic heterocycles. The topological polar surface area (TPSA) is 9.23 Å². The van der Waals surface area contributed by atoms with E-state index in [1.54, 1.807) is 0 Å². The second-order valence-corrected chi connectivity index (χ2v) is 6.75. The van der Waals surface area contributed by atoms with Crippen LogP contribution in [0.5, 0.6) is 0 Å². The monoisotopic (exact) mass is 348 g/mol. The van der Waals surface area contributed by atoms with E-state index >= 15 is 0 Å². The third-order valence-corrected chi connectivity index (χ3v) is 3.69. The summed E-state index contributed by atoms with van der Waals surface area (Å²) in [5, 5.41) is 0. The van der Waals surface area contributed by atoms with Gasteiger partial charge in [-0.1, -0.05) is 27.4 Å². The van der Waals surface area contributed by atoms with Crippen LogP contribution in [0.1, 0.15) is 59.8 Å². The Labute approximate surface area is 134 Å². The van der Waals surface area contributed by atoms with Crippen molar-refractivity contribution in [2.75, 3.05) is 6.61 Å². The van der Waals surface area contributed by atoms with Gasteiger partial charge in [-0.3, -0.25) is 0 Å². The first kappa shape index (κ1) is 22.1. The number of ether oxygens (including phenoxy) is 1. The van der Waals surface area contributed by atoms with Crippen molar-refractivity contribution in [3.63, 3.8) is 0 Å². The normalized spacial score (nSPS) is 14.0. The Hall–Kier alpha value is -0.880. The second-order valence-electron chi connectivity index (χ2n) is 6.75. The lowest BCUT2D eigenvalue weighted by molar-refractivity contribution is -0.154. The summed E-state index contributed by atoms with van der Waals surface area (Å²) >= 11 is 0. The van der Waals surface area contributed by atoms with Gasteiger partial charge in [-0.15, -0.1) is 0 Å². The maximum Gasteiger partial charge on any atom is 0.259 e. The first-order valence-electron chi connectivity index (χ1n) is 7.56. The molecule has 0 aromatic carbocycles. The van der Waals surface area contributed by atoms with E-state index in [2.05, 4.69) is 6.58 Å². The Morgan fingerprint density at radius 3 is 1.87 bits per heavy atom. The van der Waals surface area contributed by atoms with Crippen LogP contribution < -0.4 is 0 Å². The molecule has 0 N–H and O–H groups in total. The molecule has 0 radical (unpaired) electrons. The molecule has 0 saturated heterocycles. The average Bonchev–Trinajstić information content (AvgIpc) is 2.29. The van der Waals surface area contributed by atoms with Crippen LogP contribution in [0.25, 0.3) is 0 Å². The summed E-state index contributed by atoms with van der Waals surface area (Å²) in [6, 6.07) is 0. The number of rotatable bonds is 11. The van der Waals surface area contributed by atoms with Gasteiger partial charge in [-0.25, -0.2) is 26.3 Å². The zero-order valence-corrected chi connectivity index (χ0v) is 14.1. The molecule has 0 rings (SSSR count). The molecule has 0 fully saturated rings. The summed E-state index contributed by atoms with van der Waals surface area (Å²) < 4.78 is 84.0. The van der Waals surface area contributed by atoms with Crippen molar-refractivity contribution < 1.29 is 31.1 Å². The summed E-state index contributed by atoms with van der Waals surface area (Å²) in [4.78, 5) is 0. The smallest absolute Gasteiger partial charge is 0.259 e. The van der Waals surface area contributed by atoms with E-state index in [9.17, 15) is 26.3 Å². The van der Waals surface area contributed by atoms with Gasteiger partial charge in [0.2, 0.25) is 0 Å². The molecule has 0 aliphatic carbocycles. The highest BCUT2D eigenvalue weighted by atomic mass is 19.3. The highest BCUT2D eigenvalue weighted by molar-refractivity contribution is 4.97. The quantitative estimate of drug-likeness (QED) is 0.237. The molecule has 0 aliphatic rings. The summed E-state index contributed by atoms with van der Waals surface area (Å²) in [6.07, 6.45) is -4.03. The third kappa shape index (κ3) is 9.76. The Morgan fingerprint density at radius 1 is 0.913 bits per heavy atom. The van der Waals surface area contributed by atoms with Gasteiger partial charge >= 0.3 is 0 Å². The van der Waals surface area contributed by atoms with Crippen LogP contribution in [-0.2, 0) is 4.74 Å². The number of allylic oxidation sites excluding steroid dienone is 1. The maximum atomic E-state index is 13.5. The van der Waals surface area contributed by atoms with Crippen molar-refractivity contribution in [3.05, 3.63) is 12.3 Å². The van der Waals surface area contributed by atoms with Crippen molar-refractivity contribution in [1.82, 2.24) is 0 Å². The van der Waals surface area contributed by atoms with Crippen LogP contribution in [-0.4, -0.2) is 24.4 Å². The lowest BCUT2D eigenvalue weighted by Crippen LogP contribution is -2.34. The minimum Gasteiger partial charge on any atom is -0.498 e. The van der Waals surface area contributed by atoms with Gasteiger partial charge in [0.1, 0.15) is 0 Å². The predicted octanol–water partition coefficient (Wildman–Crippen LogP) is 6.44. The number of hydrogen-bond acceptors (Lipinski definition) is 1. The third-order valence-electron chi connectivity index (χ3n) is 3.69. The molecule has 0 unspecified atom stereocenters. The van der Waals surface area contributed by atoms with E-state index < -0.39 is 37.0 Å². The molecular formula is C16H26F6O. The van der Waals surface area contributed by atoms with Gasteiger partial charge in [0.05, 0.1) is 25.2 Å². The van der Waals surface area contributed by atoms with E-state index in [1.165, 1.54) is 0 Å². The molecule has 0 amide bonds. The largest absolute Gasteiger partial charge is 0.498 e. The molecule has 0 heterocycles. The number of hydrogen-bond donors (Lipinski definition) is 0. The number of halogens is 6. The Bertz CT molecular complexity index is 385. The van der Waals surface area contributed by atoms with Crippen LogP contribution in [0, 0.1) is 5.41 Å². The minimum absolute atomic E-state index is 0.0760. The van der Waals surface area contributed by atoms with Gasteiger partial charge in [0.15, 0.2) is 0 Å². The highest BCUT2D eigenvalue weighted by Gasteiger charge is 2.47. The summed E-state index contributed by atoms with van der Waals surface area (Å²) in [7, 11) is 0. The zero-order valence-electron chi connectivity index (χ0n) is 14.1. The van der Waals surface area contributed by atoms with Crippen molar-refractivity contribution in [2.24, 2.45) is 5.41 Å². The van der Waals surface area contributed by atoms with E-state index in [0.717, 1.165) is 6.42 Å². The van der Waals surface area contributed by atoms with Crippen molar-refractivity contribution >= 4 is 0 Å². The van der Waals surface area contributed by atoms with Crippen molar-refractivity contribution in [2.45, 2.75) is 77.6 Å². The van der Waals surface area contributed by atoms with Crippen LogP contribution in [0.3, 0.4) is 0 Å². The van der Waals surface area contributed by atoms with E-state index in [-0.39, 0.29) is 25.4 Å². The molecule has 1 nitrogen and oxygen atoms in total. The van der Waals surface area contributed by atoms with Crippen molar-refractivity contribution in [3.8, 4) is 0 Å². The molecule has 0 aromatic heterocycles. The van der Waals surface area contributed by atoms with Crippen LogP contribution in [0.15, 0.2) is 12.3 Å². The molecule has 0 bridgehead atoms. The second kappa shape index (κ2) is 7.79. The first-order valence-corrected chi connectivity index (χ1v) is 7.56. The fourth-order valence-corrected chi connectivity index (χ4v) is 1.90. The fraction of sp³-hybridized carbons (Fsp3) is 0.875. The predicted molar refractivity (Wildman–Crippen MR) is 78.1 cm³/mol. The molecule has 0 saturated carbocycles. The number of alkyl halides is 6. The molecule has 0 atom stereocenters. The van der Waals surface area contributed by atoms with Gasteiger partial charge in [0, 0.05) is 11.8 Å². The van der Waals surface area contributed by atoms with Gasteiger partial charge in [-0.05, 0) is 19.8 Å². The maximum absolute atomic E-state index is 13.5. The summed E-state index contributed by atoms with van der Waals surface area (Å²) in [5.41, 5.74) is -0.303. The zero-order chi connectivity index (χ0) is 18.5. The Morgan fingerprint density at radius 2 is 1.43 bits per heavy atom. The molecule has 138 valence electrons. The van der Waals surface area contributed by atoms with E-state index in [4.69, 9.17) is 4.74 Å². The lowest BCUT2D eigenvalue weighted by Gasteiger charge is -2.27. The van der Waals surface area contributed by atoms with E-state index in [1.807, 2.05) is 20.8 Å². The van der Waals surface area contributed by atoms with E-state index in [0.29, 0.717) is 5.76 Å². The van der Waals surface area contributed by atoms with Crippen molar-refractivity contribution in [1.29, 1.82) is 0 Å². The first-order chi connectivity index (χ1) is 10.1. The Balaban J connectivity index is 4.31. The average molecular weight is 348 g/mol. The molecule has 23 heavy (non-hydrogen) atoms. The van der Waals surface area contributed by atoms with Crippen LogP contribution >= 0.6 is 0 Å². The summed E-state index contributed by atoms with van der Waals surface area (Å²) in [6.45, 7) is 9.62. The highest BCUT2D eigenvalue weighted by Crippen LogP contribution is 2.40. The van der Waals surface area contributed by atoms with Gasteiger partial charge in [0.25, 0.3) is 17.8 Å². The molecular weight excluding hydrogens is 322 g/mol. The minimum atomic E-state index is -4.11. The summed E-state index contributed by atoms with van der Waals surface area (Å²) in [5.74, 6) is -11.1. The van der Waals surface area contributed by atoms with Gasteiger partial charge < -0.3 is 4.74 Å². The van der Waals surface area contributed by atoms with Crippen LogP contribution in [0.4, 0.5) is 26.3 Å². The molecule has 7 heteroatoms. The standard InChI is InChI=1S/C16H26F6O/c1-6-13(3,4)12(2)23-9-7-8-15(19,20)11-16(21,22)10-14(5,17)18/h2,6-11H2,1,3-5H3. The Kier molecular flexibility index (Phi) is 7.50. The van der Waals surface area contributed by atoms with Crippen LogP contribution in [0.2, 0.25) is 0 Å². The SMILES string of the molecule is C=C(OCCCC(F)(F)CC(F)(F)CC(C)(F)F)C(C)(C)CC. The van der Waals surface area contributed by atoms with Gasteiger partial charge in [-0.2, -0.15) is 0 Å². The fourth-order valence-electron chi connectivity index (χ4n) is 1.90. The lowest BCUT2D eigenvalue weighted by atomic mass is 9.88. The molecule has 0 aromatic rings. The molecule has 0 spiro atoms.